The van der Waals surface area contributed by atoms with Gasteiger partial charge in [-0.2, -0.15) is 0 Å². The fraction of sp³-hybridized carbons (Fsp3) is 0.500. The average Bonchev–Trinajstić information content (AvgIpc) is 2.49. The van der Waals surface area contributed by atoms with Gasteiger partial charge < -0.3 is 10.1 Å². The molecule has 1 aromatic carbocycles. The number of para-hydroxylation sites is 1. The number of ether oxygens (including phenoxy) is 1. The Hall–Kier alpha value is -1.77. The Morgan fingerprint density at radius 2 is 1.67 bits per heavy atom. The monoisotopic (exact) mass is 289 g/mol. The molecule has 0 unspecified atom stereocenters. The second-order valence-electron chi connectivity index (χ2n) is 5.32. The van der Waals surface area contributed by atoms with Crippen molar-refractivity contribution in [3.05, 3.63) is 42.5 Å². The lowest BCUT2D eigenvalue weighted by Crippen LogP contribution is -2.24. The van der Waals surface area contributed by atoms with E-state index in [2.05, 4.69) is 11.9 Å². The van der Waals surface area contributed by atoms with Crippen LogP contribution in [0.2, 0.25) is 0 Å². The van der Waals surface area contributed by atoms with E-state index in [4.69, 9.17) is 4.74 Å². The molecule has 0 spiro atoms. The minimum absolute atomic E-state index is 0.0342. The fourth-order valence-corrected chi connectivity index (χ4v) is 1.99. The van der Waals surface area contributed by atoms with Crippen molar-refractivity contribution in [2.45, 2.75) is 45.4 Å². The molecule has 21 heavy (non-hydrogen) atoms. The zero-order valence-electron chi connectivity index (χ0n) is 13.1. The van der Waals surface area contributed by atoms with Gasteiger partial charge in [0.25, 0.3) is 0 Å². The lowest BCUT2D eigenvalue weighted by molar-refractivity contribution is -0.117. The van der Waals surface area contributed by atoms with E-state index < -0.39 is 0 Å². The number of rotatable bonds is 11. The number of hydrogen-bond acceptors (Lipinski definition) is 2. The van der Waals surface area contributed by atoms with E-state index in [-0.39, 0.29) is 5.91 Å². The Labute approximate surface area is 128 Å². The summed E-state index contributed by atoms with van der Waals surface area (Å²) in [5.41, 5.74) is 0.577. The van der Waals surface area contributed by atoms with Gasteiger partial charge in [0.1, 0.15) is 5.75 Å². The topological polar surface area (TPSA) is 38.3 Å². The van der Waals surface area contributed by atoms with Crippen LogP contribution in [0.3, 0.4) is 0 Å². The quantitative estimate of drug-likeness (QED) is 0.492. The van der Waals surface area contributed by atoms with E-state index in [9.17, 15) is 4.79 Å². The molecule has 0 aliphatic heterocycles. The van der Waals surface area contributed by atoms with E-state index in [1.807, 2.05) is 30.3 Å². The SMILES string of the molecule is C=C(C)C(=O)NCCCCCCCCOc1ccccc1. The number of unbranched alkanes of at least 4 members (excludes halogenated alkanes) is 5. The third-order valence-electron chi connectivity index (χ3n) is 3.26. The molecule has 1 N–H and O–H groups in total. The smallest absolute Gasteiger partial charge is 0.246 e. The average molecular weight is 289 g/mol. The summed E-state index contributed by atoms with van der Waals surface area (Å²) in [4.78, 5) is 11.2. The summed E-state index contributed by atoms with van der Waals surface area (Å²) in [7, 11) is 0. The summed E-state index contributed by atoms with van der Waals surface area (Å²) < 4.78 is 5.64. The Kier molecular flexibility index (Phi) is 9.01. The van der Waals surface area contributed by atoms with Gasteiger partial charge in [0.2, 0.25) is 5.91 Å². The summed E-state index contributed by atoms with van der Waals surface area (Å²) in [6.07, 6.45) is 6.95. The van der Waals surface area contributed by atoms with Crippen LogP contribution in [0.15, 0.2) is 42.5 Å². The molecule has 0 saturated heterocycles. The van der Waals surface area contributed by atoms with Crippen molar-refractivity contribution >= 4 is 5.91 Å². The molecular formula is C18H27NO2. The molecule has 0 aromatic heterocycles. The highest BCUT2D eigenvalue weighted by molar-refractivity contribution is 5.91. The van der Waals surface area contributed by atoms with Crippen LogP contribution in [-0.2, 0) is 4.79 Å². The third kappa shape index (κ3) is 8.90. The lowest BCUT2D eigenvalue weighted by Gasteiger charge is -2.06. The molecule has 0 fully saturated rings. The van der Waals surface area contributed by atoms with Gasteiger partial charge in [0.05, 0.1) is 6.61 Å². The van der Waals surface area contributed by atoms with Crippen molar-refractivity contribution in [2.75, 3.05) is 13.2 Å². The van der Waals surface area contributed by atoms with Crippen molar-refractivity contribution in [3.63, 3.8) is 0 Å². The summed E-state index contributed by atoms with van der Waals surface area (Å²) in [6, 6.07) is 9.94. The molecule has 0 bridgehead atoms. The molecule has 0 radical (unpaired) electrons. The number of hydrogen-bond donors (Lipinski definition) is 1. The first kappa shape index (κ1) is 17.3. The Balaban J connectivity index is 1.85. The maximum atomic E-state index is 11.2. The van der Waals surface area contributed by atoms with E-state index >= 15 is 0 Å². The molecule has 1 aromatic rings. The molecule has 0 aliphatic rings. The standard InChI is InChI=1S/C18H27NO2/c1-16(2)18(20)19-14-10-5-3-4-6-11-15-21-17-12-8-7-9-13-17/h7-9,12-13H,1,3-6,10-11,14-15H2,2H3,(H,19,20). The van der Waals surface area contributed by atoms with Crippen LogP contribution in [0.1, 0.15) is 45.4 Å². The number of carbonyl (C=O) groups excluding carboxylic acids is 1. The molecule has 116 valence electrons. The summed E-state index contributed by atoms with van der Waals surface area (Å²) >= 11 is 0. The molecule has 0 atom stereocenters. The van der Waals surface area contributed by atoms with Crippen molar-refractivity contribution in [2.24, 2.45) is 0 Å². The largest absolute Gasteiger partial charge is 0.494 e. The normalized spacial score (nSPS) is 10.1. The Bertz CT molecular complexity index is 414. The van der Waals surface area contributed by atoms with Crippen LogP contribution in [0, 0.1) is 0 Å². The predicted molar refractivity (Wildman–Crippen MR) is 87.5 cm³/mol. The fourth-order valence-electron chi connectivity index (χ4n) is 1.99. The van der Waals surface area contributed by atoms with Gasteiger partial charge in [-0.15, -0.1) is 0 Å². The van der Waals surface area contributed by atoms with Crippen LogP contribution >= 0.6 is 0 Å². The highest BCUT2D eigenvalue weighted by atomic mass is 16.5. The van der Waals surface area contributed by atoms with Crippen molar-refractivity contribution in [3.8, 4) is 5.75 Å². The molecule has 3 heteroatoms. The number of carbonyl (C=O) groups is 1. The lowest BCUT2D eigenvalue weighted by atomic mass is 10.1. The number of amides is 1. The van der Waals surface area contributed by atoms with E-state index in [1.165, 1.54) is 19.3 Å². The van der Waals surface area contributed by atoms with Gasteiger partial charge >= 0.3 is 0 Å². The van der Waals surface area contributed by atoms with Crippen molar-refractivity contribution < 1.29 is 9.53 Å². The van der Waals surface area contributed by atoms with Crippen molar-refractivity contribution in [1.82, 2.24) is 5.32 Å². The molecule has 3 nitrogen and oxygen atoms in total. The second kappa shape index (κ2) is 11.0. The van der Waals surface area contributed by atoms with Gasteiger partial charge in [-0.1, -0.05) is 50.5 Å². The van der Waals surface area contributed by atoms with Gasteiger partial charge in [0.15, 0.2) is 0 Å². The number of benzene rings is 1. The van der Waals surface area contributed by atoms with Gasteiger partial charge in [-0.05, 0) is 31.9 Å². The third-order valence-corrected chi connectivity index (χ3v) is 3.26. The zero-order valence-corrected chi connectivity index (χ0v) is 13.1. The van der Waals surface area contributed by atoms with Crippen LogP contribution in [0.25, 0.3) is 0 Å². The van der Waals surface area contributed by atoms with Gasteiger partial charge in [-0.25, -0.2) is 0 Å². The van der Waals surface area contributed by atoms with E-state index in [1.54, 1.807) is 6.92 Å². The van der Waals surface area contributed by atoms with E-state index in [0.717, 1.165) is 38.2 Å². The Morgan fingerprint density at radius 3 is 2.33 bits per heavy atom. The van der Waals surface area contributed by atoms with Crippen LogP contribution in [0.5, 0.6) is 5.75 Å². The molecule has 1 rings (SSSR count). The van der Waals surface area contributed by atoms with Crippen LogP contribution < -0.4 is 10.1 Å². The number of nitrogens with one attached hydrogen (secondary N) is 1. The maximum Gasteiger partial charge on any atom is 0.246 e. The first-order valence-electron chi connectivity index (χ1n) is 7.81. The first-order valence-corrected chi connectivity index (χ1v) is 7.81. The van der Waals surface area contributed by atoms with Crippen LogP contribution in [-0.4, -0.2) is 19.1 Å². The molecule has 1 amide bonds. The molecule has 0 saturated carbocycles. The van der Waals surface area contributed by atoms with Gasteiger partial charge in [0, 0.05) is 12.1 Å². The predicted octanol–water partition coefficient (Wildman–Crippen LogP) is 4.10. The Morgan fingerprint density at radius 1 is 1.05 bits per heavy atom. The van der Waals surface area contributed by atoms with Crippen LogP contribution in [0.4, 0.5) is 0 Å². The maximum absolute atomic E-state index is 11.2. The highest BCUT2D eigenvalue weighted by Crippen LogP contribution is 2.10. The highest BCUT2D eigenvalue weighted by Gasteiger charge is 1.99. The summed E-state index contributed by atoms with van der Waals surface area (Å²) in [5, 5.41) is 2.85. The van der Waals surface area contributed by atoms with E-state index in [0.29, 0.717) is 5.57 Å². The minimum Gasteiger partial charge on any atom is -0.494 e. The molecule has 0 heterocycles. The summed E-state index contributed by atoms with van der Waals surface area (Å²) in [6.45, 7) is 6.88. The zero-order chi connectivity index (χ0) is 15.3. The summed E-state index contributed by atoms with van der Waals surface area (Å²) in [5.74, 6) is 0.916. The van der Waals surface area contributed by atoms with Gasteiger partial charge in [-0.3, -0.25) is 4.79 Å². The minimum atomic E-state index is -0.0342. The second-order valence-corrected chi connectivity index (χ2v) is 5.32. The first-order chi connectivity index (χ1) is 10.2. The van der Waals surface area contributed by atoms with Crippen molar-refractivity contribution in [1.29, 1.82) is 0 Å². The molecular weight excluding hydrogens is 262 g/mol. The molecule has 0 aliphatic carbocycles.